The first-order valence-corrected chi connectivity index (χ1v) is 8.24. The minimum atomic E-state index is 0.672. The molecule has 6 nitrogen and oxygen atoms in total. The summed E-state index contributed by atoms with van der Waals surface area (Å²) in [5, 5.41) is 4.63. The van der Waals surface area contributed by atoms with Gasteiger partial charge in [0.15, 0.2) is 5.65 Å². The maximum atomic E-state index is 4.63. The SMILES string of the molecule is CC(C)N1CCN(C2CN(c3ccc4nccn4n3)C2)CC1. The van der Waals surface area contributed by atoms with Crippen molar-refractivity contribution in [2.45, 2.75) is 25.9 Å². The van der Waals surface area contributed by atoms with Gasteiger partial charge in [-0.2, -0.15) is 0 Å². The maximum absolute atomic E-state index is 4.63. The summed E-state index contributed by atoms with van der Waals surface area (Å²) in [5.41, 5.74) is 0.908. The van der Waals surface area contributed by atoms with E-state index in [1.807, 2.05) is 16.8 Å². The standard InChI is InChI=1S/C16H24N6/c1-13(2)19-7-9-20(10-8-19)14-11-21(12-14)16-4-3-15-17-5-6-22(15)18-16/h3-6,13-14H,7-12H2,1-2H3. The average Bonchev–Trinajstić information content (AvgIpc) is 2.94. The summed E-state index contributed by atoms with van der Waals surface area (Å²) >= 11 is 0. The molecule has 0 N–H and O–H groups in total. The summed E-state index contributed by atoms with van der Waals surface area (Å²) in [5.74, 6) is 1.06. The normalized spacial score (nSPS) is 21.7. The van der Waals surface area contributed by atoms with Gasteiger partial charge in [-0.15, -0.1) is 5.10 Å². The molecule has 2 aromatic rings. The van der Waals surface area contributed by atoms with E-state index in [1.54, 1.807) is 6.20 Å². The average molecular weight is 300 g/mol. The number of hydrogen-bond acceptors (Lipinski definition) is 5. The Morgan fingerprint density at radius 3 is 2.59 bits per heavy atom. The number of aromatic nitrogens is 3. The van der Waals surface area contributed by atoms with Crippen LogP contribution in [-0.2, 0) is 0 Å². The highest BCUT2D eigenvalue weighted by molar-refractivity contribution is 5.47. The molecule has 0 atom stereocenters. The third-order valence-corrected chi connectivity index (χ3v) is 5.02. The first kappa shape index (κ1) is 14.0. The molecule has 22 heavy (non-hydrogen) atoms. The fourth-order valence-corrected chi connectivity index (χ4v) is 3.47. The summed E-state index contributed by atoms with van der Waals surface area (Å²) in [6, 6.07) is 5.48. The third kappa shape index (κ3) is 2.46. The Hall–Kier alpha value is -1.66. The van der Waals surface area contributed by atoms with Crippen LogP contribution in [0.2, 0.25) is 0 Å². The molecule has 0 bridgehead atoms. The lowest BCUT2D eigenvalue weighted by Crippen LogP contribution is -2.63. The molecule has 2 fully saturated rings. The van der Waals surface area contributed by atoms with Gasteiger partial charge in [-0.1, -0.05) is 0 Å². The number of imidazole rings is 1. The summed E-state index contributed by atoms with van der Waals surface area (Å²) in [7, 11) is 0. The molecule has 4 rings (SSSR count). The van der Waals surface area contributed by atoms with E-state index in [4.69, 9.17) is 0 Å². The number of piperazine rings is 1. The number of hydrogen-bond donors (Lipinski definition) is 0. The highest BCUT2D eigenvalue weighted by Crippen LogP contribution is 2.23. The van der Waals surface area contributed by atoms with Crippen molar-refractivity contribution in [1.82, 2.24) is 24.4 Å². The molecule has 0 saturated carbocycles. The number of nitrogens with zero attached hydrogens (tertiary/aromatic N) is 6. The Bertz CT molecular complexity index is 637. The molecule has 2 aliphatic heterocycles. The summed E-state index contributed by atoms with van der Waals surface area (Å²) in [4.78, 5) is 11.8. The summed E-state index contributed by atoms with van der Waals surface area (Å²) in [6.07, 6.45) is 3.69. The van der Waals surface area contributed by atoms with Crippen LogP contribution in [0.4, 0.5) is 5.82 Å². The van der Waals surface area contributed by atoms with Crippen LogP contribution in [0.3, 0.4) is 0 Å². The number of fused-ring (bicyclic) bond motifs is 1. The van der Waals surface area contributed by atoms with Crippen LogP contribution in [0.1, 0.15) is 13.8 Å². The van der Waals surface area contributed by atoms with Gasteiger partial charge in [0.05, 0.1) is 0 Å². The zero-order chi connectivity index (χ0) is 15.1. The first-order valence-electron chi connectivity index (χ1n) is 8.24. The van der Waals surface area contributed by atoms with E-state index in [-0.39, 0.29) is 0 Å². The predicted molar refractivity (Wildman–Crippen MR) is 87.3 cm³/mol. The highest BCUT2D eigenvalue weighted by atomic mass is 15.4. The molecule has 2 aliphatic rings. The van der Waals surface area contributed by atoms with Crippen LogP contribution in [0.15, 0.2) is 24.5 Å². The van der Waals surface area contributed by atoms with E-state index in [0.29, 0.717) is 12.1 Å². The van der Waals surface area contributed by atoms with E-state index in [9.17, 15) is 0 Å². The van der Waals surface area contributed by atoms with Gasteiger partial charge in [0.1, 0.15) is 5.82 Å². The van der Waals surface area contributed by atoms with Crippen LogP contribution >= 0.6 is 0 Å². The van der Waals surface area contributed by atoms with E-state index in [2.05, 4.69) is 44.7 Å². The fraction of sp³-hybridized carbons (Fsp3) is 0.625. The van der Waals surface area contributed by atoms with Crippen LogP contribution in [-0.4, -0.2) is 75.8 Å². The van der Waals surface area contributed by atoms with Gasteiger partial charge >= 0.3 is 0 Å². The van der Waals surface area contributed by atoms with Gasteiger partial charge in [0.25, 0.3) is 0 Å². The Labute approximate surface area is 131 Å². The molecule has 4 heterocycles. The van der Waals surface area contributed by atoms with E-state index in [1.165, 1.54) is 26.2 Å². The lowest BCUT2D eigenvalue weighted by molar-refractivity contribution is 0.0676. The second-order valence-electron chi connectivity index (χ2n) is 6.65. The van der Waals surface area contributed by atoms with Gasteiger partial charge in [-0.3, -0.25) is 9.80 Å². The Morgan fingerprint density at radius 1 is 1.09 bits per heavy atom. The van der Waals surface area contributed by atoms with Crippen LogP contribution < -0.4 is 4.90 Å². The molecular formula is C16H24N6. The van der Waals surface area contributed by atoms with Crippen molar-refractivity contribution in [3.8, 4) is 0 Å². The molecule has 6 heteroatoms. The number of rotatable bonds is 3. The first-order chi connectivity index (χ1) is 10.7. The van der Waals surface area contributed by atoms with Crippen molar-refractivity contribution in [3.63, 3.8) is 0 Å². The molecule has 0 unspecified atom stereocenters. The summed E-state index contributed by atoms with van der Waals surface area (Å²) in [6.45, 7) is 11.6. The van der Waals surface area contributed by atoms with Gasteiger partial charge in [0.2, 0.25) is 0 Å². The van der Waals surface area contributed by atoms with Gasteiger partial charge in [0, 0.05) is 63.7 Å². The Balaban J connectivity index is 1.34. The zero-order valence-electron chi connectivity index (χ0n) is 13.4. The van der Waals surface area contributed by atoms with Crippen molar-refractivity contribution >= 4 is 11.5 Å². The lowest BCUT2D eigenvalue weighted by Gasteiger charge is -2.49. The quantitative estimate of drug-likeness (QED) is 0.844. The van der Waals surface area contributed by atoms with E-state index >= 15 is 0 Å². The summed E-state index contributed by atoms with van der Waals surface area (Å²) < 4.78 is 1.85. The molecular weight excluding hydrogens is 276 g/mol. The van der Waals surface area contributed by atoms with Crippen molar-refractivity contribution < 1.29 is 0 Å². The van der Waals surface area contributed by atoms with Crippen molar-refractivity contribution in [2.24, 2.45) is 0 Å². The zero-order valence-corrected chi connectivity index (χ0v) is 13.4. The molecule has 2 saturated heterocycles. The van der Waals surface area contributed by atoms with Gasteiger partial charge < -0.3 is 4.90 Å². The Morgan fingerprint density at radius 2 is 1.86 bits per heavy atom. The maximum Gasteiger partial charge on any atom is 0.153 e. The largest absolute Gasteiger partial charge is 0.352 e. The van der Waals surface area contributed by atoms with Crippen LogP contribution in [0, 0.1) is 0 Å². The molecule has 0 aromatic carbocycles. The van der Waals surface area contributed by atoms with E-state index in [0.717, 1.165) is 24.6 Å². The predicted octanol–water partition coefficient (Wildman–Crippen LogP) is 0.944. The highest BCUT2D eigenvalue weighted by Gasteiger charge is 2.34. The molecule has 2 aromatic heterocycles. The van der Waals surface area contributed by atoms with Gasteiger partial charge in [-0.25, -0.2) is 9.50 Å². The van der Waals surface area contributed by atoms with Crippen molar-refractivity contribution in [3.05, 3.63) is 24.5 Å². The molecule has 0 amide bonds. The second-order valence-corrected chi connectivity index (χ2v) is 6.65. The smallest absolute Gasteiger partial charge is 0.153 e. The second kappa shape index (κ2) is 5.52. The van der Waals surface area contributed by atoms with Crippen LogP contribution in [0.5, 0.6) is 0 Å². The third-order valence-electron chi connectivity index (χ3n) is 5.02. The molecule has 0 spiro atoms. The lowest BCUT2D eigenvalue weighted by atomic mass is 10.1. The fourth-order valence-electron chi connectivity index (χ4n) is 3.47. The molecule has 0 aliphatic carbocycles. The van der Waals surface area contributed by atoms with Crippen molar-refractivity contribution in [2.75, 3.05) is 44.2 Å². The monoisotopic (exact) mass is 300 g/mol. The topological polar surface area (TPSA) is 39.9 Å². The number of anilines is 1. The minimum absolute atomic E-state index is 0.672. The molecule has 0 radical (unpaired) electrons. The van der Waals surface area contributed by atoms with Crippen molar-refractivity contribution in [1.29, 1.82) is 0 Å². The Kier molecular flexibility index (Phi) is 3.50. The minimum Gasteiger partial charge on any atom is -0.352 e. The van der Waals surface area contributed by atoms with Gasteiger partial charge in [-0.05, 0) is 26.0 Å². The van der Waals surface area contributed by atoms with E-state index < -0.39 is 0 Å². The van der Waals surface area contributed by atoms with Crippen LogP contribution in [0.25, 0.3) is 5.65 Å². The molecule has 118 valence electrons.